The van der Waals surface area contributed by atoms with Gasteiger partial charge in [-0.2, -0.15) is 5.10 Å². The molecule has 1 aromatic heterocycles. The zero-order valence-electron chi connectivity index (χ0n) is 6.08. The van der Waals surface area contributed by atoms with Crippen molar-refractivity contribution in [2.75, 3.05) is 0 Å². The number of nitrogens with one attached hydrogen (secondary N) is 1. The number of aldehydes is 1. The Morgan fingerprint density at radius 2 is 2.36 bits per heavy atom. The van der Waals surface area contributed by atoms with E-state index in [0.717, 1.165) is 5.82 Å². The van der Waals surface area contributed by atoms with Crippen molar-refractivity contribution in [3.05, 3.63) is 11.6 Å². The summed E-state index contributed by atoms with van der Waals surface area (Å²) < 4.78 is 0. The zero-order valence-corrected chi connectivity index (χ0v) is 6.08. The smallest absolute Gasteiger partial charge is 0.214 e. The lowest BCUT2D eigenvalue weighted by atomic mass is 9.85. The SMILES string of the molecule is O=Cc1n[nH]c(C2CCC2)n1. The third-order valence-electron chi connectivity index (χ3n) is 2.12. The summed E-state index contributed by atoms with van der Waals surface area (Å²) in [4.78, 5) is 14.2. The van der Waals surface area contributed by atoms with Crippen LogP contribution in [0.1, 0.15) is 41.6 Å². The van der Waals surface area contributed by atoms with Crippen LogP contribution in [0, 0.1) is 0 Å². The molecule has 2 rings (SSSR count). The molecule has 1 N–H and O–H groups in total. The molecule has 0 amide bonds. The molecular formula is C7H9N3O. The number of hydrogen-bond donors (Lipinski definition) is 1. The molecule has 0 bridgehead atoms. The van der Waals surface area contributed by atoms with Gasteiger partial charge in [0.2, 0.25) is 5.82 Å². The Labute approximate surface area is 64.0 Å². The van der Waals surface area contributed by atoms with E-state index in [4.69, 9.17) is 0 Å². The Bertz CT molecular complexity index is 264. The van der Waals surface area contributed by atoms with Gasteiger partial charge in [-0.15, -0.1) is 0 Å². The second-order valence-corrected chi connectivity index (χ2v) is 2.82. The molecule has 0 aromatic carbocycles. The molecule has 58 valence electrons. The average Bonchev–Trinajstić information content (AvgIpc) is 2.32. The number of nitrogens with zero attached hydrogens (tertiary/aromatic N) is 2. The minimum atomic E-state index is 0.270. The number of carbonyl (C=O) groups excluding carboxylic acids is 1. The van der Waals surface area contributed by atoms with Gasteiger partial charge in [0.05, 0.1) is 0 Å². The number of aromatic amines is 1. The Balaban J connectivity index is 2.17. The average molecular weight is 151 g/mol. The Morgan fingerprint density at radius 1 is 1.55 bits per heavy atom. The number of carbonyl (C=O) groups is 1. The van der Waals surface area contributed by atoms with Gasteiger partial charge in [-0.25, -0.2) is 4.98 Å². The first-order valence-corrected chi connectivity index (χ1v) is 3.77. The van der Waals surface area contributed by atoms with Crippen molar-refractivity contribution in [2.24, 2.45) is 0 Å². The lowest BCUT2D eigenvalue weighted by Crippen LogP contribution is -2.10. The molecule has 1 aromatic rings. The van der Waals surface area contributed by atoms with Crippen LogP contribution in [-0.4, -0.2) is 21.5 Å². The number of H-pyrrole nitrogens is 1. The van der Waals surface area contributed by atoms with E-state index < -0.39 is 0 Å². The van der Waals surface area contributed by atoms with Crippen LogP contribution >= 0.6 is 0 Å². The van der Waals surface area contributed by atoms with Gasteiger partial charge in [-0.05, 0) is 12.8 Å². The maximum Gasteiger partial charge on any atom is 0.214 e. The second-order valence-electron chi connectivity index (χ2n) is 2.82. The Hall–Kier alpha value is -1.19. The third kappa shape index (κ3) is 1.04. The first-order valence-electron chi connectivity index (χ1n) is 3.77. The highest BCUT2D eigenvalue weighted by molar-refractivity contribution is 5.68. The summed E-state index contributed by atoms with van der Waals surface area (Å²) in [6, 6.07) is 0. The second kappa shape index (κ2) is 2.45. The van der Waals surface area contributed by atoms with E-state index in [9.17, 15) is 4.79 Å². The van der Waals surface area contributed by atoms with E-state index in [1.54, 1.807) is 0 Å². The van der Waals surface area contributed by atoms with E-state index in [-0.39, 0.29) is 5.82 Å². The standard InChI is InChI=1S/C7H9N3O/c11-4-6-8-7(10-9-6)5-2-1-3-5/h4-5H,1-3H2,(H,8,9,10). The van der Waals surface area contributed by atoms with Gasteiger partial charge in [-0.3, -0.25) is 9.89 Å². The first-order chi connectivity index (χ1) is 5.40. The van der Waals surface area contributed by atoms with Crippen molar-refractivity contribution in [1.82, 2.24) is 15.2 Å². The third-order valence-corrected chi connectivity index (χ3v) is 2.12. The largest absolute Gasteiger partial charge is 0.294 e. The molecule has 1 saturated carbocycles. The van der Waals surface area contributed by atoms with Gasteiger partial charge in [0, 0.05) is 5.92 Å². The number of aromatic nitrogens is 3. The van der Waals surface area contributed by atoms with Gasteiger partial charge in [0.15, 0.2) is 6.29 Å². The molecule has 0 atom stereocenters. The molecule has 0 unspecified atom stereocenters. The van der Waals surface area contributed by atoms with E-state index in [1.807, 2.05) is 0 Å². The van der Waals surface area contributed by atoms with Crippen LogP contribution < -0.4 is 0 Å². The molecule has 0 saturated heterocycles. The molecular weight excluding hydrogens is 142 g/mol. The van der Waals surface area contributed by atoms with E-state index in [0.29, 0.717) is 12.2 Å². The molecule has 1 heterocycles. The van der Waals surface area contributed by atoms with Crippen molar-refractivity contribution in [3.8, 4) is 0 Å². The number of rotatable bonds is 2. The van der Waals surface area contributed by atoms with Gasteiger partial charge in [-0.1, -0.05) is 6.42 Å². The van der Waals surface area contributed by atoms with Gasteiger partial charge in [0.1, 0.15) is 5.82 Å². The molecule has 0 radical (unpaired) electrons. The van der Waals surface area contributed by atoms with Crippen molar-refractivity contribution in [1.29, 1.82) is 0 Å². The van der Waals surface area contributed by atoms with Gasteiger partial charge in [0.25, 0.3) is 0 Å². The van der Waals surface area contributed by atoms with Crippen LogP contribution in [0.25, 0.3) is 0 Å². The van der Waals surface area contributed by atoms with E-state index >= 15 is 0 Å². The van der Waals surface area contributed by atoms with Crippen molar-refractivity contribution in [2.45, 2.75) is 25.2 Å². The predicted molar refractivity (Wildman–Crippen MR) is 38.4 cm³/mol. The quantitative estimate of drug-likeness (QED) is 0.638. The van der Waals surface area contributed by atoms with Crippen LogP contribution in [0.15, 0.2) is 0 Å². The summed E-state index contributed by atoms with van der Waals surface area (Å²) in [7, 11) is 0. The van der Waals surface area contributed by atoms with E-state index in [2.05, 4.69) is 15.2 Å². The highest BCUT2D eigenvalue weighted by atomic mass is 16.1. The Morgan fingerprint density at radius 3 is 2.82 bits per heavy atom. The van der Waals surface area contributed by atoms with Crippen LogP contribution in [0.3, 0.4) is 0 Å². The minimum Gasteiger partial charge on any atom is -0.294 e. The van der Waals surface area contributed by atoms with Crippen LogP contribution in [0.5, 0.6) is 0 Å². The van der Waals surface area contributed by atoms with Crippen LogP contribution in [0.4, 0.5) is 0 Å². The highest BCUT2D eigenvalue weighted by Gasteiger charge is 2.22. The molecule has 1 aliphatic carbocycles. The molecule has 1 aliphatic rings. The molecule has 11 heavy (non-hydrogen) atoms. The topological polar surface area (TPSA) is 58.6 Å². The normalized spacial score (nSPS) is 17.8. The summed E-state index contributed by atoms with van der Waals surface area (Å²) in [5.41, 5.74) is 0. The van der Waals surface area contributed by atoms with Gasteiger partial charge >= 0.3 is 0 Å². The molecule has 1 fully saturated rings. The van der Waals surface area contributed by atoms with Crippen molar-refractivity contribution < 1.29 is 4.79 Å². The lowest BCUT2D eigenvalue weighted by molar-refractivity contribution is 0.111. The Kier molecular flexibility index (Phi) is 1.45. The molecule has 4 nitrogen and oxygen atoms in total. The summed E-state index contributed by atoms with van der Waals surface area (Å²) in [5.74, 6) is 1.67. The van der Waals surface area contributed by atoms with Gasteiger partial charge < -0.3 is 0 Å². The lowest BCUT2D eigenvalue weighted by Gasteiger charge is -2.21. The monoisotopic (exact) mass is 151 g/mol. The summed E-state index contributed by atoms with van der Waals surface area (Å²) in [5, 5.41) is 6.50. The molecule has 0 aliphatic heterocycles. The maximum absolute atomic E-state index is 10.2. The molecule has 4 heteroatoms. The fourth-order valence-corrected chi connectivity index (χ4v) is 1.20. The molecule has 0 spiro atoms. The van der Waals surface area contributed by atoms with Crippen LogP contribution in [0.2, 0.25) is 0 Å². The van der Waals surface area contributed by atoms with Crippen molar-refractivity contribution in [3.63, 3.8) is 0 Å². The van der Waals surface area contributed by atoms with Crippen molar-refractivity contribution >= 4 is 6.29 Å². The number of hydrogen-bond acceptors (Lipinski definition) is 3. The van der Waals surface area contributed by atoms with E-state index in [1.165, 1.54) is 19.3 Å². The minimum absolute atomic E-state index is 0.270. The fraction of sp³-hybridized carbons (Fsp3) is 0.571. The highest BCUT2D eigenvalue weighted by Crippen LogP contribution is 2.33. The maximum atomic E-state index is 10.2. The fourth-order valence-electron chi connectivity index (χ4n) is 1.20. The van der Waals surface area contributed by atoms with Crippen LogP contribution in [-0.2, 0) is 0 Å². The summed E-state index contributed by atoms with van der Waals surface area (Å²) in [6.45, 7) is 0. The predicted octanol–water partition coefficient (Wildman–Crippen LogP) is 0.885. The summed E-state index contributed by atoms with van der Waals surface area (Å²) in [6.07, 6.45) is 4.28. The zero-order chi connectivity index (χ0) is 7.68. The summed E-state index contributed by atoms with van der Waals surface area (Å²) >= 11 is 0. The first kappa shape index (κ1) is 6.52.